The third-order valence-corrected chi connectivity index (χ3v) is 2.25. The van der Waals surface area contributed by atoms with Crippen LogP contribution in [0.25, 0.3) is 0 Å². The zero-order valence-corrected chi connectivity index (χ0v) is 9.16. The molecule has 1 unspecified atom stereocenters. The minimum Gasteiger partial charge on any atom is -0.494 e. The van der Waals surface area contributed by atoms with E-state index in [9.17, 15) is 9.18 Å². The van der Waals surface area contributed by atoms with E-state index in [4.69, 9.17) is 15.6 Å². The van der Waals surface area contributed by atoms with Crippen LogP contribution in [0.3, 0.4) is 0 Å². The molecular formula is C11H14FNO3. The summed E-state index contributed by atoms with van der Waals surface area (Å²) in [5.41, 5.74) is 4.09. The summed E-state index contributed by atoms with van der Waals surface area (Å²) in [7, 11) is 0. The Hall–Kier alpha value is -1.62. The van der Waals surface area contributed by atoms with Crippen LogP contribution in [0.2, 0.25) is 0 Å². The fourth-order valence-electron chi connectivity index (χ4n) is 1.30. The summed E-state index contributed by atoms with van der Waals surface area (Å²) in [6.45, 7) is 3.41. The number of hydrogen-bond donors (Lipinski definition) is 2. The molecule has 0 aliphatic carbocycles. The Bertz CT molecular complexity index is 404. The minimum atomic E-state index is -1.67. The molecule has 0 aliphatic rings. The lowest BCUT2D eigenvalue weighted by Gasteiger charge is -2.22. The van der Waals surface area contributed by atoms with Crippen molar-refractivity contribution in [3.8, 4) is 5.75 Å². The molecule has 0 radical (unpaired) electrons. The number of carbonyl (C=O) groups is 1. The number of halogens is 1. The fraction of sp³-hybridized carbons (Fsp3) is 0.364. The molecular weight excluding hydrogens is 213 g/mol. The second kappa shape index (κ2) is 4.49. The molecule has 0 fully saturated rings. The highest BCUT2D eigenvalue weighted by molar-refractivity contribution is 5.81. The number of carboxylic acid groups (broad SMARTS) is 1. The Morgan fingerprint density at radius 3 is 2.75 bits per heavy atom. The van der Waals surface area contributed by atoms with Gasteiger partial charge in [-0.15, -0.1) is 0 Å². The monoisotopic (exact) mass is 227 g/mol. The van der Waals surface area contributed by atoms with Crippen LogP contribution in [0.4, 0.5) is 4.39 Å². The average Bonchev–Trinajstić information content (AvgIpc) is 2.20. The molecule has 0 heterocycles. The smallest absolute Gasteiger partial charge is 0.328 e. The van der Waals surface area contributed by atoms with Crippen molar-refractivity contribution in [2.24, 2.45) is 5.73 Å². The van der Waals surface area contributed by atoms with Gasteiger partial charge >= 0.3 is 5.97 Å². The number of rotatable bonds is 4. The summed E-state index contributed by atoms with van der Waals surface area (Å²) >= 11 is 0. The highest BCUT2D eigenvalue weighted by Crippen LogP contribution is 2.29. The average molecular weight is 227 g/mol. The second-order valence-corrected chi connectivity index (χ2v) is 3.58. The second-order valence-electron chi connectivity index (χ2n) is 3.58. The van der Waals surface area contributed by atoms with E-state index in [1.54, 1.807) is 6.92 Å². The Morgan fingerprint density at radius 2 is 2.25 bits per heavy atom. The number of nitrogens with two attached hydrogens (primary N) is 1. The number of benzene rings is 1. The van der Waals surface area contributed by atoms with Crippen molar-refractivity contribution in [1.29, 1.82) is 0 Å². The summed E-state index contributed by atoms with van der Waals surface area (Å²) < 4.78 is 18.3. The number of hydrogen-bond acceptors (Lipinski definition) is 3. The molecule has 1 aromatic rings. The quantitative estimate of drug-likeness (QED) is 0.817. The molecule has 0 saturated heterocycles. The van der Waals surface area contributed by atoms with Crippen LogP contribution in [0.1, 0.15) is 19.4 Å². The van der Waals surface area contributed by atoms with Gasteiger partial charge in [-0.1, -0.05) is 0 Å². The lowest BCUT2D eigenvalue weighted by Crippen LogP contribution is -2.42. The summed E-state index contributed by atoms with van der Waals surface area (Å²) in [5, 5.41) is 8.98. The molecule has 0 spiro atoms. The molecule has 1 atom stereocenters. The van der Waals surface area contributed by atoms with Crippen molar-refractivity contribution in [3.05, 3.63) is 29.6 Å². The first-order valence-electron chi connectivity index (χ1n) is 4.84. The summed E-state index contributed by atoms with van der Waals surface area (Å²) in [6.07, 6.45) is 0. The van der Waals surface area contributed by atoms with E-state index in [2.05, 4.69) is 0 Å². The highest BCUT2D eigenvalue weighted by Gasteiger charge is 2.33. The minimum absolute atomic E-state index is 0.127. The Kier molecular flexibility index (Phi) is 3.49. The van der Waals surface area contributed by atoms with Gasteiger partial charge in [-0.05, 0) is 32.0 Å². The van der Waals surface area contributed by atoms with Crippen LogP contribution in [0.5, 0.6) is 5.75 Å². The van der Waals surface area contributed by atoms with Gasteiger partial charge < -0.3 is 15.6 Å². The fourth-order valence-corrected chi connectivity index (χ4v) is 1.30. The lowest BCUT2D eigenvalue weighted by molar-refractivity contribution is -0.143. The van der Waals surface area contributed by atoms with E-state index in [1.165, 1.54) is 19.1 Å². The van der Waals surface area contributed by atoms with Gasteiger partial charge in [0.05, 0.1) is 6.61 Å². The van der Waals surface area contributed by atoms with E-state index in [-0.39, 0.29) is 11.3 Å². The lowest BCUT2D eigenvalue weighted by atomic mass is 9.92. The molecule has 0 aliphatic heterocycles. The van der Waals surface area contributed by atoms with Gasteiger partial charge in [-0.3, -0.25) is 0 Å². The SMILES string of the molecule is CCOc1ccc(F)cc1C(C)(N)C(=O)O. The normalized spacial score (nSPS) is 14.2. The molecule has 0 amide bonds. The van der Waals surface area contributed by atoms with Crippen molar-refractivity contribution in [2.75, 3.05) is 6.61 Å². The molecule has 3 N–H and O–H groups in total. The molecule has 88 valence electrons. The maximum absolute atomic E-state index is 13.1. The van der Waals surface area contributed by atoms with E-state index < -0.39 is 17.3 Å². The predicted octanol–water partition coefficient (Wildman–Crippen LogP) is 1.48. The van der Waals surface area contributed by atoms with Crippen molar-refractivity contribution < 1.29 is 19.0 Å². The number of ether oxygens (including phenoxy) is 1. The molecule has 0 aromatic heterocycles. The summed E-state index contributed by atoms with van der Waals surface area (Å²) in [5.74, 6) is -1.49. The molecule has 0 bridgehead atoms. The van der Waals surface area contributed by atoms with E-state index in [1.807, 2.05) is 0 Å². The van der Waals surface area contributed by atoms with Crippen molar-refractivity contribution in [1.82, 2.24) is 0 Å². The van der Waals surface area contributed by atoms with Crippen LogP contribution in [-0.2, 0) is 10.3 Å². The summed E-state index contributed by atoms with van der Waals surface area (Å²) in [6, 6.07) is 3.66. The van der Waals surface area contributed by atoms with Crippen LogP contribution >= 0.6 is 0 Å². The summed E-state index contributed by atoms with van der Waals surface area (Å²) in [4.78, 5) is 11.0. The van der Waals surface area contributed by atoms with E-state index in [0.717, 1.165) is 6.07 Å². The Labute approximate surface area is 92.8 Å². The molecule has 4 nitrogen and oxygen atoms in total. The maximum Gasteiger partial charge on any atom is 0.328 e. The Morgan fingerprint density at radius 1 is 1.62 bits per heavy atom. The maximum atomic E-state index is 13.1. The van der Waals surface area contributed by atoms with Crippen LogP contribution < -0.4 is 10.5 Å². The highest BCUT2D eigenvalue weighted by atomic mass is 19.1. The third-order valence-electron chi connectivity index (χ3n) is 2.25. The molecule has 1 rings (SSSR count). The molecule has 0 saturated carbocycles. The van der Waals surface area contributed by atoms with Gasteiger partial charge in [0.1, 0.15) is 17.1 Å². The topological polar surface area (TPSA) is 72.5 Å². The van der Waals surface area contributed by atoms with Crippen LogP contribution in [0.15, 0.2) is 18.2 Å². The van der Waals surface area contributed by atoms with Crippen LogP contribution in [-0.4, -0.2) is 17.7 Å². The van der Waals surface area contributed by atoms with Gasteiger partial charge in [-0.25, -0.2) is 9.18 Å². The van der Waals surface area contributed by atoms with Gasteiger partial charge in [0.2, 0.25) is 0 Å². The zero-order chi connectivity index (χ0) is 12.3. The standard InChI is InChI=1S/C11H14FNO3/c1-3-16-9-5-4-7(12)6-8(9)11(2,13)10(14)15/h4-6H,3,13H2,1-2H3,(H,14,15). The first-order chi connectivity index (χ1) is 7.39. The van der Waals surface area contributed by atoms with Crippen LogP contribution in [0, 0.1) is 5.82 Å². The number of carboxylic acids is 1. The Balaban J connectivity index is 3.29. The first kappa shape index (κ1) is 12.4. The first-order valence-corrected chi connectivity index (χ1v) is 4.84. The van der Waals surface area contributed by atoms with Crippen molar-refractivity contribution >= 4 is 5.97 Å². The zero-order valence-electron chi connectivity index (χ0n) is 9.16. The predicted molar refractivity (Wildman–Crippen MR) is 56.7 cm³/mol. The van der Waals surface area contributed by atoms with Gasteiger partial charge in [0.25, 0.3) is 0 Å². The number of aliphatic carboxylic acids is 1. The third kappa shape index (κ3) is 2.30. The van der Waals surface area contributed by atoms with Crippen molar-refractivity contribution in [3.63, 3.8) is 0 Å². The van der Waals surface area contributed by atoms with Crippen molar-refractivity contribution in [2.45, 2.75) is 19.4 Å². The van der Waals surface area contributed by atoms with E-state index >= 15 is 0 Å². The largest absolute Gasteiger partial charge is 0.494 e. The van der Waals surface area contributed by atoms with Gasteiger partial charge in [0.15, 0.2) is 0 Å². The molecule has 1 aromatic carbocycles. The molecule has 16 heavy (non-hydrogen) atoms. The van der Waals surface area contributed by atoms with Gasteiger partial charge in [0, 0.05) is 5.56 Å². The van der Waals surface area contributed by atoms with Gasteiger partial charge in [-0.2, -0.15) is 0 Å². The van der Waals surface area contributed by atoms with E-state index in [0.29, 0.717) is 6.61 Å². The molecule has 5 heteroatoms.